The van der Waals surface area contributed by atoms with E-state index < -0.39 is 0 Å². The zero-order valence-electron chi connectivity index (χ0n) is 16.8. The highest BCUT2D eigenvalue weighted by Gasteiger charge is 2.48. The van der Waals surface area contributed by atoms with Crippen LogP contribution in [0.5, 0.6) is 0 Å². The van der Waals surface area contributed by atoms with Crippen molar-refractivity contribution in [3.8, 4) is 11.3 Å². The van der Waals surface area contributed by atoms with Gasteiger partial charge in [0.15, 0.2) is 0 Å². The molecule has 2 aromatic heterocycles. The number of carbonyl (C=O) groups is 1. The molecular weight excluding hydrogens is 386 g/mol. The van der Waals surface area contributed by atoms with Gasteiger partial charge < -0.3 is 11.1 Å². The first kappa shape index (κ1) is 18.9. The summed E-state index contributed by atoms with van der Waals surface area (Å²) in [7, 11) is 0. The fourth-order valence-electron chi connectivity index (χ4n) is 3.78. The van der Waals surface area contributed by atoms with Gasteiger partial charge >= 0.3 is 0 Å². The average Bonchev–Trinajstić information content (AvgIpc) is 3.64. The molecule has 3 N–H and O–H groups in total. The van der Waals surface area contributed by atoms with Gasteiger partial charge in [-0.25, -0.2) is 9.97 Å². The van der Waals surface area contributed by atoms with Gasteiger partial charge in [-0.15, -0.1) is 0 Å². The van der Waals surface area contributed by atoms with Gasteiger partial charge in [0.05, 0.1) is 22.5 Å². The van der Waals surface area contributed by atoms with E-state index in [-0.39, 0.29) is 11.3 Å². The SMILES string of the molecule is Nc1ccccc1NC(=O)c1ccc(C2(c3nccc(-c4cccnc4)n3)CC2)cc1. The fourth-order valence-corrected chi connectivity index (χ4v) is 3.78. The Bertz CT molecular complexity index is 1230. The fraction of sp³-hybridized carbons (Fsp3) is 0.120. The van der Waals surface area contributed by atoms with Crippen molar-refractivity contribution in [3.05, 3.63) is 102 Å². The summed E-state index contributed by atoms with van der Waals surface area (Å²) < 4.78 is 0. The summed E-state index contributed by atoms with van der Waals surface area (Å²) >= 11 is 0. The van der Waals surface area contributed by atoms with E-state index in [1.54, 1.807) is 30.7 Å². The Morgan fingerprint density at radius 1 is 0.935 bits per heavy atom. The van der Waals surface area contributed by atoms with Gasteiger partial charge in [0, 0.05) is 29.7 Å². The topological polar surface area (TPSA) is 93.8 Å². The summed E-state index contributed by atoms with van der Waals surface area (Å²) in [6.07, 6.45) is 7.32. The number of rotatable bonds is 5. The second-order valence-corrected chi connectivity index (χ2v) is 7.71. The highest BCUT2D eigenvalue weighted by molar-refractivity contribution is 6.05. The predicted octanol–water partition coefficient (Wildman–Crippen LogP) is 4.45. The van der Waals surface area contributed by atoms with Crippen LogP contribution in [-0.4, -0.2) is 20.9 Å². The third-order valence-electron chi connectivity index (χ3n) is 5.70. The number of carbonyl (C=O) groups excluding carboxylic acids is 1. The Balaban J connectivity index is 1.39. The van der Waals surface area contributed by atoms with Gasteiger partial charge in [0.25, 0.3) is 5.91 Å². The van der Waals surface area contributed by atoms with Crippen molar-refractivity contribution in [1.29, 1.82) is 0 Å². The zero-order chi connectivity index (χ0) is 21.3. The lowest BCUT2D eigenvalue weighted by Gasteiger charge is -2.16. The smallest absolute Gasteiger partial charge is 0.255 e. The van der Waals surface area contributed by atoms with Gasteiger partial charge in [0.2, 0.25) is 0 Å². The van der Waals surface area contributed by atoms with Crippen LogP contribution in [0, 0.1) is 0 Å². The molecule has 152 valence electrons. The molecule has 1 fully saturated rings. The number of anilines is 2. The second-order valence-electron chi connectivity index (χ2n) is 7.71. The molecule has 2 aromatic carbocycles. The molecule has 1 aliphatic carbocycles. The van der Waals surface area contributed by atoms with Crippen LogP contribution in [0.2, 0.25) is 0 Å². The number of benzene rings is 2. The number of hydrogen-bond acceptors (Lipinski definition) is 5. The van der Waals surface area contributed by atoms with E-state index in [0.29, 0.717) is 16.9 Å². The van der Waals surface area contributed by atoms with Gasteiger partial charge in [-0.3, -0.25) is 9.78 Å². The number of nitrogens with one attached hydrogen (secondary N) is 1. The quantitative estimate of drug-likeness (QED) is 0.477. The zero-order valence-corrected chi connectivity index (χ0v) is 16.8. The largest absolute Gasteiger partial charge is 0.397 e. The number of nitrogen functional groups attached to an aromatic ring is 1. The molecule has 1 aliphatic rings. The highest BCUT2D eigenvalue weighted by atomic mass is 16.1. The maximum atomic E-state index is 12.6. The lowest BCUT2D eigenvalue weighted by molar-refractivity contribution is 0.102. The standard InChI is InChI=1S/C25H21N5O/c26-20-5-1-2-6-22(20)29-23(31)17-7-9-19(10-8-17)25(12-13-25)24-28-15-11-21(30-24)18-4-3-14-27-16-18/h1-11,14-16H,12-13,26H2,(H,29,31). The van der Waals surface area contributed by atoms with Crippen LogP contribution in [0.15, 0.2) is 85.3 Å². The van der Waals surface area contributed by atoms with Crippen LogP contribution in [-0.2, 0) is 5.41 Å². The summed E-state index contributed by atoms with van der Waals surface area (Å²) in [5.74, 6) is 0.618. The number of nitrogens with two attached hydrogens (primary N) is 1. The summed E-state index contributed by atoms with van der Waals surface area (Å²) in [5.41, 5.74) is 10.4. The first-order valence-electron chi connectivity index (χ1n) is 10.2. The first-order valence-corrected chi connectivity index (χ1v) is 10.2. The van der Waals surface area contributed by atoms with Gasteiger partial charge in [-0.2, -0.15) is 0 Å². The van der Waals surface area contributed by atoms with E-state index >= 15 is 0 Å². The van der Waals surface area contributed by atoms with E-state index in [0.717, 1.165) is 35.5 Å². The van der Waals surface area contributed by atoms with Crippen molar-refractivity contribution in [1.82, 2.24) is 15.0 Å². The first-order chi connectivity index (χ1) is 15.2. The van der Waals surface area contributed by atoms with Crippen molar-refractivity contribution in [3.63, 3.8) is 0 Å². The maximum Gasteiger partial charge on any atom is 0.255 e. The molecule has 4 aromatic rings. The van der Waals surface area contributed by atoms with Gasteiger partial charge in [0.1, 0.15) is 5.82 Å². The summed E-state index contributed by atoms with van der Waals surface area (Å²) in [4.78, 5) is 26.2. The Kier molecular flexibility index (Phi) is 4.67. The van der Waals surface area contributed by atoms with Crippen molar-refractivity contribution in [2.24, 2.45) is 0 Å². The van der Waals surface area contributed by atoms with Crippen LogP contribution in [0.3, 0.4) is 0 Å². The van der Waals surface area contributed by atoms with E-state index in [1.807, 2.05) is 54.6 Å². The monoisotopic (exact) mass is 407 g/mol. The van der Waals surface area contributed by atoms with Crippen LogP contribution >= 0.6 is 0 Å². The molecule has 0 bridgehead atoms. The molecule has 31 heavy (non-hydrogen) atoms. The van der Waals surface area contributed by atoms with Crippen molar-refractivity contribution < 1.29 is 4.79 Å². The predicted molar refractivity (Wildman–Crippen MR) is 121 cm³/mol. The molecule has 2 heterocycles. The lowest BCUT2D eigenvalue weighted by atomic mass is 9.93. The molecule has 1 amide bonds. The van der Waals surface area contributed by atoms with E-state index in [2.05, 4.69) is 15.3 Å². The molecule has 6 heteroatoms. The minimum atomic E-state index is -0.197. The van der Waals surface area contributed by atoms with E-state index in [9.17, 15) is 4.79 Å². The molecule has 1 saturated carbocycles. The molecule has 0 radical (unpaired) electrons. The van der Waals surface area contributed by atoms with E-state index in [1.165, 1.54) is 0 Å². The Morgan fingerprint density at radius 3 is 2.45 bits per heavy atom. The van der Waals surface area contributed by atoms with E-state index in [4.69, 9.17) is 10.7 Å². The Hall–Kier alpha value is -4.06. The third kappa shape index (κ3) is 3.64. The summed E-state index contributed by atoms with van der Waals surface area (Å²) in [6, 6.07) is 20.7. The average molecular weight is 407 g/mol. The highest BCUT2D eigenvalue weighted by Crippen LogP contribution is 2.52. The summed E-state index contributed by atoms with van der Waals surface area (Å²) in [5, 5.41) is 2.86. The number of para-hydroxylation sites is 2. The van der Waals surface area contributed by atoms with Crippen LogP contribution in [0.25, 0.3) is 11.3 Å². The maximum absolute atomic E-state index is 12.6. The van der Waals surface area contributed by atoms with Crippen molar-refractivity contribution in [2.45, 2.75) is 18.3 Å². The summed E-state index contributed by atoms with van der Waals surface area (Å²) in [6.45, 7) is 0. The molecular formula is C25H21N5O. The normalized spacial score (nSPS) is 14.1. The number of aromatic nitrogens is 3. The van der Waals surface area contributed by atoms with Crippen LogP contribution < -0.4 is 11.1 Å². The Labute approximate surface area is 180 Å². The molecule has 5 rings (SSSR count). The van der Waals surface area contributed by atoms with Crippen LogP contribution in [0.4, 0.5) is 11.4 Å². The molecule has 0 saturated heterocycles. The van der Waals surface area contributed by atoms with Gasteiger partial charge in [-0.1, -0.05) is 24.3 Å². The van der Waals surface area contributed by atoms with Gasteiger partial charge in [-0.05, 0) is 60.9 Å². The minimum Gasteiger partial charge on any atom is -0.397 e. The molecule has 0 atom stereocenters. The minimum absolute atomic E-state index is 0.191. The molecule has 0 spiro atoms. The molecule has 0 aliphatic heterocycles. The van der Waals surface area contributed by atoms with Crippen molar-refractivity contribution in [2.75, 3.05) is 11.1 Å². The van der Waals surface area contributed by atoms with Crippen molar-refractivity contribution >= 4 is 17.3 Å². The molecule has 6 nitrogen and oxygen atoms in total. The lowest BCUT2D eigenvalue weighted by Crippen LogP contribution is -2.16. The third-order valence-corrected chi connectivity index (χ3v) is 5.70. The molecule has 0 unspecified atom stereocenters. The number of nitrogens with zero attached hydrogens (tertiary/aromatic N) is 3. The number of hydrogen-bond donors (Lipinski definition) is 2. The second kappa shape index (κ2) is 7.65. The van der Waals surface area contributed by atoms with Crippen LogP contribution in [0.1, 0.15) is 34.6 Å². The number of pyridine rings is 1. The Morgan fingerprint density at radius 2 is 1.74 bits per heavy atom. The number of amides is 1.